The molecular formula is C12H16ClNO. The van der Waals surface area contributed by atoms with Crippen LogP contribution < -0.4 is 10.5 Å². The minimum Gasteiger partial charge on any atom is -0.490 e. The summed E-state index contributed by atoms with van der Waals surface area (Å²) in [6, 6.07) is 5.69. The van der Waals surface area contributed by atoms with Crippen LogP contribution in [0.1, 0.15) is 31.9 Å². The van der Waals surface area contributed by atoms with E-state index in [9.17, 15) is 0 Å². The van der Waals surface area contributed by atoms with Gasteiger partial charge in [-0.3, -0.25) is 0 Å². The molecule has 1 aromatic rings. The molecule has 0 radical (unpaired) electrons. The first-order chi connectivity index (χ1) is 7.08. The molecule has 0 fully saturated rings. The molecule has 0 bridgehead atoms. The highest BCUT2D eigenvalue weighted by Gasteiger charge is 2.27. The van der Waals surface area contributed by atoms with Gasteiger partial charge in [-0.2, -0.15) is 0 Å². The van der Waals surface area contributed by atoms with E-state index in [0.717, 1.165) is 22.8 Å². The molecule has 1 heterocycles. The SMILES string of the molecule is CC(C)C1CC(N)c2cc(Cl)ccc2O1. The molecule has 0 spiro atoms. The lowest BCUT2D eigenvalue weighted by Gasteiger charge is -2.32. The average molecular weight is 226 g/mol. The molecule has 0 saturated carbocycles. The molecule has 0 saturated heterocycles. The fraction of sp³-hybridized carbons (Fsp3) is 0.500. The summed E-state index contributed by atoms with van der Waals surface area (Å²) in [6.07, 6.45) is 1.08. The Bertz CT molecular complexity index is 365. The maximum absolute atomic E-state index is 6.10. The molecule has 0 aromatic heterocycles. The summed E-state index contributed by atoms with van der Waals surface area (Å²) in [5.74, 6) is 1.37. The Labute approximate surface area is 95.4 Å². The monoisotopic (exact) mass is 225 g/mol. The van der Waals surface area contributed by atoms with E-state index in [2.05, 4.69) is 13.8 Å². The maximum Gasteiger partial charge on any atom is 0.124 e. The standard InChI is InChI=1S/C12H16ClNO/c1-7(2)12-6-10(14)9-5-8(13)3-4-11(9)15-12/h3-5,7,10,12H,6,14H2,1-2H3. The fourth-order valence-corrected chi connectivity index (χ4v) is 2.09. The Balaban J connectivity index is 2.32. The summed E-state index contributed by atoms with van der Waals surface area (Å²) in [5.41, 5.74) is 7.13. The summed E-state index contributed by atoms with van der Waals surface area (Å²) < 4.78 is 5.88. The summed E-state index contributed by atoms with van der Waals surface area (Å²) in [7, 11) is 0. The van der Waals surface area contributed by atoms with Gasteiger partial charge in [0.25, 0.3) is 0 Å². The molecular weight excluding hydrogens is 210 g/mol. The van der Waals surface area contributed by atoms with Gasteiger partial charge < -0.3 is 10.5 Å². The number of fused-ring (bicyclic) bond motifs is 1. The van der Waals surface area contributed by atoms with Gasteiger partial charge in [0, 0.05) is 23.0 Å². The van der Waals surface area contributed by atoms with Crippen molar-refractivity contribution >= 4 is 11.6 Å². The number of benzene rings is 1. The van der Waals surface area contributed by atoms with Gasteiger partial charge in [-0.1, -0.05) is 25.4 Å². The van der Waals surface area contributed by atoms with Gasteiger partial charge in [0.1, 0.15) is 11.9 Å². The van der Waals surface area contributed by atoms with Crippen LogP contribution in [0.5, 0.6) is 5.75 Å². The smallest absolute Gasteiger partial charge is 0.124 e. The van der Waals surface area contributed by atoms with Gasteiger partial charge in [-0.05, 0) is 24.1 Å². The number of rotatable bonds is 1. The van der Waals surface area contributed by atoms with Crippen LogP contribution in [-0.4, -0.2) is 6.10 Å². The molecule has 2 N–H and O–H groups in total. The van der Waals surface area contributed by atoms with Crippen molar-refractivity contribution in [3.8, 4) is 5.75 Å². The topological polar surface area (TPSA) is 35.2 Å². The third-order valence-corrected chi connectivity index (χ3v) is 3.11. The van der Waals surface area contributed by atoms with Crippen molar-refractivity contribution in [2.24, 2.45) is 11.7 Å². The quantitative estimate of drug-likeness (QED) is 0.797. The van der Waals surface area contributed by atoms with E-state index >= 15 is 0 Å². The molecule has 15 heavy (non-hydrogen) atoms. The molecule has 0 aliphatic carbocycles. The third-order valence-electron chi connectivity index (χ3n) is 2.88. The second-order valence-electron chi connectivity index (χ2n) is 4.42. The Morgan fingerprint density at radius 2 is 2.20 bits per heavy atom. The minimum absolute atomic E-state index is 0.0415. The lowest BCUT2D eigenvalue weighted by atomic mass is 9.92. The summed E-state index contributed by atoms with van der Waals surface area (Å²) in [5, 5.41) is 0.718. The van der Waals surface area contributed by atoms with Crippen molar-refractivity contribution in [1.29, 1.82) is 0 Å². The fourth-order valence-electron chi connectivity index (χ4n) is 1.91. The first kappa shape index (κ1) is 10.8. The third kappa shape index (κ3) is 2.11. The highest BCUT2D eigenvalue weighted by Crippen LogP contribution is 2.36. The highest BCUT2D eigenvalue weighted by molar-refractivity contribution is 6.30. The van der Waals surface area contributed by atoms with Crippen molar-refractivity contribution in [3.63, 3.8) is 0 Å². The van der Waals surface area contributed by atoms with Crippen LogP contribution >= 0.6 is 11.6 Å². The average Bonchev–Trinajstić information content (AvgIpc) is 2.18. The molecule has 1 aliphatic rings. The molecule has 2 nitrogen and oxygen atoms in total. The van der Waals surface area contributed by atoms with Crippen molar-refractivity contribution in [2.45, 2.75) is 32.4 Å². The van der Waals surface area contributed by atoms with Gasteiger partial charge in [0.2, 0.25) is 0 Å². The Hall–Kier alpha value is -0.730. The molecule has 3 heteroatoms. The van der Waals surface area contributed by atoms with Crippen LogP contribution in [0.3, 0.4) is 0 Å². The number of ether oxygens (including phenoxy) is 1. The Morgan fingerprint density at radius 1 is 1.47 bits per heavy atom. The largest absolute Gasteiger partial charge is 0.490 e. The number of nitrogens with two attached hydrogens (primary N) is 1. The van der Waals surface area contributed by atoms with E-state index in [1.807, 2.05) is 18.2 Å². The first-order valence-corrected chi connectivity index (χ1v) is 5.67. The normalized spacial score (nSPS) is 24.9. The van der Waals surface area contributed by atoms with E-state index in [1.54, 1.807) is 0 Å². The van der Waals surface area contributed by atoms with Crippen LogP contribution in [0.4, 0.5) is 0 Å². The van der Waals surface area contributed by atoms with Crippen molar-refractivity contribution in [2.75, 3.05) is 0 Å². The lowest BCUT2D eigenvalue weighted by molar-refractivity contribution is 0.115. The predicted octanol–water partition coefficient (Wildman–Crippen LogP) is 3.15. The molecule has 2 atom stereocenters. The van der Waals surface area contributed by atoms with Crippen molar-refractivity contribution in [1.82, 2.24) is 0 Å². The molecule has 0 amide bonds. The van der Waals surface area contributed by atoms with Crippen molar-refractivity contribution in [3.05, 3.63) is 28.8 Å². The predicted molar refractivity (Wildman–Crippen MR) is 62.3 cm³/mol. The zero-order chi connectivity index (χ0) is 11.0. The van der Waals surface area contributed by atoms with E-state index in [-0.39, 0.29) is 12.1 Å². The second-order valence-corrected chi connectivity index (χ2v) is 4.86. The Kier molecular flexibility index (Phi) is 2.89. The van der Waals surface area contributed by atoms with E-state index in [1.165, 1.54) is 0 Å². The molecule has 1 aliphatic heterocycles. The highest BCUT2D eigenvalue weighted by atomic mass is 35.5. The maximum atomic E-state index is 6.10. The van der Waals surface area contributed by atoms with Crippen LogP contribution in [0.2, 0.25) is 5.02 Å². The number of hydrogen-bond donors (Lipinski definition) is 1. The van der Waals surface area contributed by atoms with Gasteiger partial charge in [-0.25, -0.2) is 0 Å². The van der Waals surface area contributed by atoms with Crippen molar-refractivity contribution < 1.29 is 4.74 Å². The lowest BCUT2D eigenvalue weighted by Crippen LogP contribution is -2.33. The molecule has 82 valence electrons. The van der Waals surface area contributed by atoms with Gasteiger partial charge in [-0.15, -0.1) is 0 Å². The zero-order valence-corrected chi connectivity index (χ0v) is 9.79. The molecule has 2 unspecified atom stereocenters. The van der Waals surface area contributed by atoms with E-state index < -0.39 is 0 Å². The minimum atomic E-state index is 0.0415. The molecule has 1 aromatic carbocycles. The van der Waals surface area contributed by atoms with E-state index in [0.29, 0.717) is 5.92 Å². The second kappa shape index (κ2) is 4.03. The number of halogens is 1. The van der Waals surface area contributed by atoms with Crippen LogP contribution in [0.15, 0.2) is 18.2 Å². The summed E-state index contributed by atoms with van der Waals surface area (Å²) >= 11 is 5.93. The van der Waals surface area contributed by atoms with Crippen LogP contribution in [0.25, 0.3) is 0 Å². The van der Waals surface area contributed by atoms with Gasteiger partial charge in [0.15, 0.2) is 0 Å². The van der Waals surface area contributed by atoms with Crippen LogP contribution in [0, 0.1) is 5.92 Å². The number of hydrogen-bond acceptors (Lipinski definition) is 2. The summed E-state index contributed by atoms with van der Waals surface area (Å²) in [4.78, 5) is 0. The first-order valence-electron chi connectivity index (χ1n) is 5.29. The van der Waals surface area contributed by atoms with Crippen LogP contribution in [-0.2, 0) is 0 Å². The molecule has 2 rings (SSSR count). The summed E-state index contributed by atoms with van der Waals surface area (Å²) in [6.45, 7) is 4.30. The van der Waals surface area contributed by atoms with E-state index in [4.69, 9.17) is 22.1 Å². The van der Waals surface area contributed by atoms with Gasteiger partial charge in [0.05, 0.1) is 0 Å². The zero-order valence-electron chi connectivity index (χ0n) is 9.03. The van der Waals surface area contributed by atoms with Gasteiger partial charge >= 0.3 is 0 Å². The Morgan fingerprint density at radius 3 is 2.87 bits per heavy atom.